The summed E-state index contributed by atoms with van der Waals surface area (Å²) in [6, 6.07) is 4.80. The quantitative estimate of drug-likeness (QED) is 0.687. The number of carboxylic acids is 1. The number of carbonyl (C=O) groups is 2. The van der Waals surface area contributed by atoms with Gasteiger partial charge in [0.1, 0.15) is 11.0 Å². The first-order valence-electron chi connectivity index (χ1n) is 5.46. The Kier molecular flexibility index (Phi) is 3.71. The third-order valence-corrected chi connectivity index (χ3v) is 2.59. The first-order valence-corrected chi connectivity index (χ1v) is 5.46. The minimum absolute atomic E-state index is 0.110. The lowest BCUT2D eigenvalue weighted by Crippen LogP contribution is -2.37. The van der Waals surface area contributed by atoms with Crippen molar-refractivity contribution in [2.45, 2.75) is 6.10 Å². The second kappa shape index (κ2) is 5.44. The molecule has 0 spiro atoms. The summed E-state index contributed by atoms with van der Waals surface area (Å²) < 4.78 is 4.71. The Morgan fingerprint density at radius 1 is 1.42 bits per heavy atom. The number of carbonyl (C=O) groups excluding carboxylic acids is 1. The van der Waals surface area contributed by atoms with Crippen LogP contribution < -0.4 is 5.32 Å². The van der Waals surface area contributed by atoms with E-state index in [1.807, 2.05) is 0 Å². The van der Waals surface area contributed by atoms with Crippen LogP contribution in [-0.2, 0) is 9.53 Å². The van der Waals surface area contributed by atoms with Crippen molar-refractivity contribution in [1.29, 1.82) is 0 Å². The molecule has 8 heteroatoms. The highest BCUT2D eigenvalue weighted by Crippen LogP contribution is 2.10. The van der Waals surface area contributed by atoms with Gasteiger partial charge in [-0.2, -0.15) is 15.4 Å². The second-order valence-corrected chi connectivity index (χ2v) is 3.80. The van der Waals surface area contributed by atoms with Gasteiger partial charge in [-0.05, 0) is 18.2 Å². The van der Waals surface area contributed by atoms with Crippen molar-refractivity contribution in [1.82, 2.24) is 20.7 Å². The van der Waals surface area contributed by atoms with Gasteiger partial charge in [-0.15, -0.1) is 0 Å². The number of amides is 1. The van der Waals surface area contributed by atoms with Crippen LogP contribution in [0.2, 0.25) is 0 Å². The summed E-state index contributed by atoms with van der Waals surface area (Å²) >= 11 is 0. The van der Waals surface area contributed by atoms with Gasteiger partial charge in [0.05, 0.1) is 6.54 Å². The van der Waals surface area contributed by atoms with E-state index in [0.717, 1.165) is 0 Å². The summed E-state index contributed by atoms with van der Waals surface area (Å²) in [4.78, 5) is 22.6. The maximum atomic E-state index is 11.8. The molecule has 1 amide bonds. The summed E-state index contributed by atoms with van der Waals surface area (Å²) in [7, 11) is 1.27. The summed E-state index contributed by atoms with van der Waals surface area (Å²) in [5.74, 6) is -1.53. The number of aromatic amines is 1. The Balaban J connectivity index is 2.05. The SMILES string of the molecule is COC(CNC(=O)c1ccc2n[nH]nc2c1)C(=O)O. The molecule has 0 saturated heterocycles. The number of rotatable bonds is 5. The highest BCUT2D eigenvalue weighted by molar-refractivity contribution is 5.97. The Morgan fingerprint density at radius 2 is 2.16 bits per heavy atom. The molecule has 0 aliphatic carbocycles. The Labute approximate surface area is 107 Å². The van der Waals surface area contributed by atoms with Gasteiger partial charge in [-0.25, -0.2) is 4.79 Å². The van der Waals surface area contributed by atoms with Crippen LogP contribution >= 0.6 is 0 Å². The van der Waals surface area contributed by atoms with Crippen molar-refractivity contribution in [3.8, 4) is 0 Å². The molecule has 2 aromatic rings. The molecule has 1 aromatic heterocycles. The van der Waals surface area contributed by atoms with E-state index in [1.165, 1.54) is 7.11 Å². The molecule has 1 heterocycles. The zero-order chi connectivity index (χ0) is 13.8. The number of aliphatic carboxylic acids is 1. The number of hydrogen-bond donors (Lipinski definition) is 3. The number of benzene rings is 1. The maximum absolute atomic E-state index is 11.8. The predicted octanol–water partition coefficient (Wildman–Crippen LogP) is -0.213. The first-order chi connectivity index (χ1) is 9.11. The number of hydrogen-bond acceptors (Lipinski definition) is 5. The van der Waals surface area contributed by atoms with Gasteiger partial charge in [0.15, 0.2) is 6.10 Å². The molecule has 0 bridgehead atoms. The molecule has 1 atom stereocenters. The third-order valence-electron chi connectivity index (χ3n) is 2.59. The van der Waals surface area contributed by atoms with Crippen molar-refractivity contribution in [3.05, 3.63) is 23.8 Å². The number of H-pyrrole nitrogens is 1. The number of methoxy groups -OCH3 is 1. The third kappa shape index (κ3) is 2.86. The molecule has 8 nitrogen and oxygen atoms in total. The van der Waals surface area contributed by atoms with Gasteiger partial charge < -0.3 is 15.2 Å². The van der Waals surface area contributed by atoms with Gasteiger partial charge in [-0.1, -0.05) is 0 Å². The van der Waals surface area contributed by atoms with E-state index in [9.17, 15) is 9.59 Å². The summed E-state index contributed by atoms with van der Waals surface area (Å²) in [5.41, 5.74) is 1.59. The average Bonchev–Trinajstić information content (AvgIpc) is 2.85. The lowest BCUT2D eigenvalue weighted by molar-refractivity contribution is -0.148. The van der Waals surface area contributed by atoms with Gasteiger partial charge in [-0.3, -0.25) is 4.79 Å². The van der Waals surface area contributed by atoms with E-state index >= 15 is 0 Å². The zero-order valence-corrected chi connectivity index (χ0v) is 10.1. The van der Waals surface area contributed by atoms with E-state index in [4.69, 9.17) is 9.84 Å². The number of ether oxygens (including phenoxy) is 1. The molecule has 0 aliphatic heterocycles. The lowest BCUT2D eigenvalue weighted by atomic mass is 10.2. The van der Waals surface area contributed by atoms with E-state index in [1.54, 1.807) is 18.2 Å². The van der Waals surface area contributed by atoms with E-state index in [0.29, 0.717) is 16.6 Å². The fourth-order valence-corrected chi connectivity index (χ4v) is 1.54. The molecular weight excluding hydrogens is 252 g/mol. The lowest BCUT2D eigenvalue weighted by Gasteiger charge is -2.11. The molecule has 0 saturated carbocycles. The minimum atomic E-state index is -1.13. The number of carboxylic acid groups (broad SMARTS) is 1. The number of fused-ring (bicyclic) bond motifs is 1. The normalized spacial score (nSPS) is 12.3. The van der Waals surface area contributed by atoms with Crippen molar-refractivity contribution in [2.75, 3.05) is 13.7 Å². The summed E-state index contributed by atoms with van der Waals surface area (Å²) in [6.45, 7) is -0.110. The van der Waals surface area contributed by atoms with Gasteiger partial charge >= 0.3 is 5.97 Å². The topological polar surface area (TPSA) is 117 Å². The van der Waals surface area contributed by atoms with Crippen LogP contribution in [0.1, 0.15) is 10.4 Å². The Bertz CT molecular complexity index is 610. The Morgan fingerprint density at radius 3 is 2.84 bits per heavy atom. The number of nitrogens with zero attached hydrogens (tertiary/aromatic N) is 2. The van der Waals surface area contributed by atoms with Crippen LogP contribution in [0.3, 0.4) is 0 Å². The highest BCUT2D eigenvalue weighted by atomic mass is 16.5. The second-order valence-electron chi connectivity index (χ2n) is 3.80. The van der Waals surface area contributed by atoms with Crippen molar-refractivity contribution in [2.24, 2.45) is 0 Å². The van der Waals surface area contributed by atoms with E-state index < -0.39 is 18.0 Å². The standard InChI is InChI=1S/C11H12N4O4/c1-19-9(11(17)18)5-12-10(16)6-2-3-7-8(4-6)14-15-13-7/h2-4,9H,5H2,1H3,(H,12,16)(H,17,18)(H,13,14,15). The fraction of sp³-hybridized carbons (Fsp3) is 0.273. The highest BCUT2D eigenvalue weighted by Gasteiger charge is 2.17. The fourth-order valence-electron chi connectivity index (χ4n) is 1.54. The minimum Gasteiger partial charge on any atom is -0.479 e. The van der Waals surface area contributed by atoms with Gasteiger partial charge in [0.2, 0.25) is 0 Å². The first kappa shape index (κ1) is 13.0. The predicted molar refractivity (Wildman–Crippen MR) is 64.7 cm³/mol. The van der Waals surface area contributed by atoms with Crippen LogP contribution in [0, 0.1) is 0 Å². The number of aromatic nitrogens is 3. The van der Waals surface area contributed by atoms with E-state index in [2.05, 4.69) is 20.7 Å². The molecule has 0 radical (unpaired) electrons. The van der Waals surface area contributed by atoms with Crippen molar-refractivity contribution >= 4 is 22.9 Å². The molecular formula is C11H12N4O4. The van der Waals surface area contributed by atoms with Crippen LogP contribution in [0.15, 0.2) is 18.2 Å². The molecule has 100 valence electrons. The maximum Gasteiger partial charge on any atom is 0.334 e. The van der Waals surface area contributed by atoms with Crippen LogP contribution in [0.25, 0.3) is 11.0 Å². The van der Waals surface area contributed by atoms with Crippen molar-refractivity contribution in [3.63, 3.8) is 0 Å². The van der Waals surface area contributed by atoms with Gasteiger partial charge in [0, 0.05) is 12.7 Å². The largest absolute Gasteiger partial charge is 0.479 e. The summed E-state index contributed by atoms with van der Waals surface area (Å²) in [5, 5.41) is 21.4. The average molecular weight is 264 g/mol. The van der Waals surface area contributed by atoms with Gasteiger partial charge in [0.25, 0.3) is 5.91 Å². The summed E-state index contributed by atoms with van der Waals surface area (Å²) in [6.07, 6.45) is -1.07. The van der Waals surface area contributed by atoms with Crippen molar-refractivity contribution < 1.29 is 19.4 Å². The monoisotopic (exact) mass is 264 g/mol. The Hall–Kier alpha value is -2.48. The molecule has 0 aliphatic rings. The molecule has 1 unspecified atom stereocenters. The number of nitrogens with one attached hydrogen (secondary N) is 2. The molecule has 1 aromatic carbocycles. The van der Waals surface area contributed by atoms with Crippen LogP contribution in [0.4, 0.5) is 0 Å². The van der Waals surface area contributed by atoms with Crippen LogP contribution in [0.5, 0.6) is 0 Å². The van der Waals surface area contributed by atoms with E-state index in [-0.39, 0.29) is 6.54 Å². The molecule has 2 rings (SSSR count). The molecule has 19 heavy (non-hydrogen) atoms. The zero-order valence-electron chi connectivity index (χ0n) is 10.1. The molecule has 3 N–H and O–H groups in total. The smallest absolute Gasteiger partial charge is 0.334 e. The van der Waals surface area contributed by atoms with Crippen LogP contribution in [-0.4, -0.2) is 52.2 Å². The molecule has 0 fully saturated rings.